The molecule has 0 aliphatic heterocycles. The van der Waals surface area contributed by atoms with Crippen molar-refractivity contribution in [1.29, 1.82) is 0 Å². The van der Waals surface area contributed by atoms with E-state index in [-0.39, 0.29) is 0 Å². The van der Waals surface area contributed by atoms with Gasteiger partial charge in [0.2, 0.25) is 5.13 Å². The monoisotopic (exact) mass is 234 g/mol. The van der Waals surface area contributed by atoms with E-state index in [9.17, 15) is 0 Å². The van der Waals surface area contributed by atoms with Gasteiger partial charge in [0.05, 0.1) is 0 Å². The minimum Gasteiger partial charge on any atom is -0.358 e. The molecule has 0 aliphatic rings. The van der Waals surface area contributed by atoms with Crippen LogP contribution >= 0.6 is 11.5 Å². The van der Waals surface area contributed by atoms with Crippen LogP contribution in [0, 0.1) is 0 Å². The van der Waals surface area contributed by atoms with Gasteiger partial charge < -0.3 is 5.32 Å². The van der Waals surface area contributed by atoms with E-state index in [0.717, 1.165) is 17.4 Å². The summed E-state index contributed by atoms with van der Waals surface area (Å²) in [4.78, 5) is 8.40. The summed E-state index contributed by atoms with van der Waals surface area (Å²) in [5.41, 5.74) is 1.18. The average Bonchev–Trinajstić information content (AvgIpc) is 2.66. The Labute approximate surface area is 98.9 Å². The highest BCUT2D eigenvalue weighted by atomic mass is 32.1. The van der Waals surface area contributed by atoms with E-state index in [0.29, 0.717) is 6.04 Å². The molecule has 0 fully saturated rings. The number of hydrogen-bond acceptors (Lipinski definition) is 5. The zero-order valence-electron chi connectivity index (χ0n) is 9.34. The largest absolute Gasteiger partial charge is 0.358 e. The van der Waals surface area contributed by atoms with Crippen LogP contribution in [0.15, 0.2) is 24.5 Å². The van der Waals surface area contributed by atoms with Crippen molar-refractivity contribution in [3.05, 3.63) is 35.9 Å². The third-order valence-corrected chi connectivity index (χ3v) is 2.68. The van der Waals surface area contributed by atoms with E-state index in [1.165, 1.54) is 17.1 Å². The van der Waals surface area contributed by atoms with Crippen LogP contribution in [-0.4, -0.2) is 20.4 Å². The van der Waals surface area contributed by atoms with Crippen molar-refractivity contribution in [2.24, 2.45) is 0 Å². The van der Waals surface area contributed by atoms with Crippen LogP contribution in [0.25, 0.3) is 0 Å². The zero-order chi connectivity index (χ0) is 11.4. The first-order chi connectivity index (χ1) is 7.74. The van der Waals surface area contributed by atoms with E-state index < -0.39 is 0 Å². The van der Waals surface area contributed by atoms with Gasteiger partial charge in [-0.2, -0.15) is 4.37 Å². The highest BCUT2D eigenvalue weighted by Gasteiger charge is 2.05. The summed E-state index contributed by atoms with van der Waals surface area (Å²) >= 11 is 1.41. The summed E-state index contributed by atoms with van der Waals surface area (Å²) in [5, 5.41) is 4.13. The second-order valence-electron chi connectivity index (χ2n) is 3.85. The molecule has 1 N–H and O–H groups in total. The van der Waals surface area contributed by atoms with E-state index >= 15 is 0 Å². The maximum atomic E-state index is 4.42. The van der Waals surface area contributed by atoms with Crippen LogP contribution in [0.1, 0.15) is 25.2 Å². The molecule has 4 nitrogen and oxygen atoms in total. The van der Waals surface area contributed by atoms with Gasteiger partial charge in [-0.1, -0.05) is 0 Å². The highest BCUT2D eigenvalue weighted by Crippen LogP contribution is 2.14. The Morgan fingerprint density at radius 1 is 1.31 bits per heavy atom. The summed E-state index contributed by atoms with van der Waals surface area (Å²) < 4.78 is 4.31. The Morgan fingerprint density at radius 3 is 2.75 bits per heavy atom. The Kier molecular flexibility index (Phi) is 3.46. The molecule has 0 aliphatic carbocycles. The molecule has 0 spiro atoms. The molecule has 0 aromatic carbocycles. The van der Waals surface area contributed by atoms with Gasteiger partial charge >= 0.3 is 0 Å². The molecule has 0 atom stereocenters. The number of pyridine rings is 1. The number of nitrogens with zero attached hydrogens (tertiary/aromatic N) is 3. The van der Waals surface area contributed by atoms with E-state index in [1.807, 2.05) is 12.1 Å². The van der Waals surface area contributed by atoms with E-state index in [2.05, 4.69) is 33.5 Å². The number of hydrogen-bond donors (Lipinski definition) is 1. The summed E-state index contributed by atoms with van der Waals surface area (Å²) in [5.74, 6) is 0.861. The molecular weight excluding hydrogens is 220 g/mol. The second kappa shape index (κ2) is 5.03. The number of aromatic nitrogens is 3. The van der Waals surface area contributed by atoms with Gasteiger partial charge in [0.25, 0.3) is 0 Å². The molecule has 0 saturated carbocycles. The smallest absolute Gasteiger partial charge is 0.202 e. The van der Waals surface area contributed by atoms with Crippen LogP contribution < -0.4 is 5.32 Å². The van der Waals surface area contributed by atoms with Gasteiger partial charge in [-0.05, 0) is 31.5 Å². The van der Waals surface area contributed by atoms with Crippen LogP contribution in [0.3, 0.4) is 0 Å². The third-order valence-electron chi connectivity index (χ3n) is 1.99. The Morgan fingerprint density at radius 2 is 2.06 bits per heavy atom. The van der Waals surface area contributed by atoms with Crippen molar-refractivity contribution in [2.45, 2.75) is 26.3 Å². The predicted octanol–water partition coefficient (Wildman–Crippen LogP) is 2.34. The van der Waals surface area contributed by atoms with Crippen molar-refractivity contribution in [2.75, 3.05) is 5.32 Å². The molecule has 2 aromatic rings. The van der Waals surface area contributed by atoms with Gasteiger partial charge in [0.1, 0.15) is 5.82 Å². The minimum absolute atomic E-state index is 0.390. The second-order valence-corrected chi connectivity index (χ2v) is 4.60. The molecule has 2 aromatic heterocycles. The third kappa shape index (κ3) is 3.00. The topological polar surface area (TPSA) is 50.7 Å². The van der Waals surface area contributed by atoms with Crippen LogP contribution in [0.5, 0.6) is 0 Å². The van der Waals surface area contributed by atoms with Crippen molar-refractivity contribution in [3.8, 4) is 0 Å². The average molecular weight is 234 g/mol. The Bertz CT molecular complexity index is 438. The molecular formula is C11H14N4S. The number of rotatable bonds is 4. The Hall–Kier alpha value is -1.49. The van der Waals surface area contributed by atoms with Crippen LogP contribution in [0.2, 0.25) is 0 Å². The standard InChI is InChI=1S/C11H14N4S/c1-8(2)13-11-14-10(15-16-11)7-9-3-5-12-6-4-9/h3-6,8H,7H2,1-2H3,(H,13,14,15). The first-order valence-corrected chi connectivity index (χ1v) is 5.99. The molecule has 84 valence electrons. The van der Waals surface area contributed by atoms with Crippen molar-refractivity contribution < 1.29 is 0 Å². The number of nitrogens with one attached hydrogen (secondary N) is 1. The molecule has 2 rings (SSSR count). The summed E-state index contributed by atoms with van der Waals surface area (Å²) in [6, 6.07) is 4.36. The lowest BCUT2D eigenvalue weighted by molar-refractivity contribution is 0.892. The fourth-order valence-electron chi connectivity index (χ4n) is 1.31. The van der Waals surface area contributed by atoms with Gasteiger partial charge in [-0.15, -0.1) is 0 Å². The summed E-state index contributed by atoms with van der Waals surface area (Å²) in [6.07, 6.45) is 4.34. The van der Waals surface area contributed by atoms with E-state index in [1.54, 1.807) is 12.4 Å². The van der Waals surface area contributed by atoms with Crippen molar-refractivity contribution in [3.63, 3.8) is 0 Å². The van der Waals surface area contributed by atoms with Gasteiger partial charge in [0.15, 0.2) is 0 Å². The maximum absolute atomic E-state index is 4.42. The van der Waals surface area contributed by atoms with Gasteiger partial charge in [-0.3, -0.25) is 4.98 Å². The lowest BCUT2D eigenvalue weighted by atomic mass is 10.2. The van der Waals surface area contributed by atoms with Crippen molar-refractivity contribution in [1.82, 2.24) is 14.3 Å². The van der Waals surface area contributed by atoms with Crippen LogP contribution in [-0.2, 0) is 6.42 Å². The van der Waals surface area contributed by atoms with Crippen molar-refractivity contribution >= 4 is 16.7 Å². The minimum atomic E-state index is 0.390. The van der Waals surface area contributed by atoms with E-state index in [4.69, 9.17) is 0 Å². The molecule has 0 amide bonds. The predicted molar refractivity (Wildman–Crippen MR) is 65.7 cm³/mol. The summed E-state index contributed by atoms with van der Waals surface area (Å²) in [6.45, 7) is 4.17. The molecule has 0 unspecified atom stereocenters. The fraction of sp³-hybridized carbons (Fsp3) is 0.364. The highest BCUT2D eigenvalue weighted by molar-refractivity contribution is 7.09. The quantitative estimate of drug-likeness (QED) is 0.882. The SMILES string of the molecule is CC(C)Nc1nc(Cc2ccncc2)ns1. The molecule has 5 heteroatoms. The molecule has 2 heterocycles. The van der Waals surface area contributed by atoms with Gasteiger partial charge in [-0.25, -0.2) is 4.98 Å². The summed E-state index contributed by atoms with van der Waals surface area (Å²) in [7, 11) is 0. The molecule has 0 radical (unpaired) electrons. The zero-order valence-corrected chi connectivity index (χ0v) is 10.2. The molecule has 16 heavy (non-hydrogen) atoms. The van der Waals surface area contributed by atoms with Crippen LogP contribution in [0.4, 0.5) is 5.13 Å². The van der Waals surface area contributed by atoms with Gasteiger partial charge in [0, 0.05) is 36.4 Å². The lowest BCUT2D eigenvalue weighted by Gasteiger charge is -2.03. The first-order valence-electron chi connectivity index (χ1n) is 5.22. The Balaban J connectivity index is 2.03. The number of anilines is 1. The normalized spacial score (nSPS) is 10.7. The lowest BCUT2D eigenvalue weighted by Crippen LogP contribution is -2.09. The molecule has 0 saturated heterocycles. The fourth-order valence-corrected chi connectivity index (χ4v) is 2.05. The maximum Gasteiger partial charge on any atom is 0.202 e. The first kappa shape index (κ1) is 11.0. The molecule has 0 bridgehead atoms.